The summed E-state index contributed by atoms with van der Waals surface area (Å²) in [6, 6.07) is 23.2. The first-order valence-corrected chi connectivity index (χ1v) is 19.9. The van der Waals surface area contributed by atoms with Gasteiger partial charge < -0.3 is 18.9 Å². The molecule has 6 nitrogen and oxygen atoms in total. The van der Waals surface area contributed by atoms with Crippen LogP contribution >= 0.6 is 22.7 Å². The van der Waals surface area contributed by atoms with Gasteiger partial charge in [-0.05, 0) is 79.4 Å². The molecule has 0 spiro atoms. The van der Waals surface area contributed by atoms with Crippen molar-refractivity contribution < 1.29 is 28.5 Å². The summed E-state index contributed by atoms with van der Waals surface area (Å²) in [5.41, 5.74) is 2.11. The van der Waals surface area contributed by atoms with Gasteiger partial charge >= 0.3 is 11.9 Å². The van der Waals surface area contributed by atoms with Crippen LogP contribution in [0.1, 0.15) is 107 Å². The van der Waals surface area contributed by atoms with Crippen molar-refractivity contribution in [1.29, 1.82) is 0 Å². The third-order valence-corrected chi connectivity index (χ3v) is 11.1. The quantitative estimate of drug-likeness (QED) is 0.0428. The molecule has 0 saturated heterocycles. The van der Waals surface area contributed by atoms with Crippen molar-refractivity contribution >= 4 is 54.1 Å². The topological polar surface area (TPSA) is 71.1 Å². The first-order chi connectivity index (χ1) is 24.4. The molecule has 5 aromatic rings. The van der Waals surface area contributed by atoms with E-state index in [0.717, 1.165) is 68.7 Å². The second-order valence-corrected chi connectivity index (χ2v) is 15.0. The number of fused-ring (bicyclic) bond motifs is 3. The third-order valence-electron chi connectivity index (χ3n) is 8.75. The zero-order chi connectivity index (χ0) is 35.1. The smallest absolute Gasteiger partial charge is 0.353 e. The fourth-order valence-electron chi connectivity index (χ4n) is 5.79. The van der Waals surface area contributed by atoms with Crippen molar-refractivity contribution in [2.24, 2.45) is 0 Å². The Morgan fingerprint density at radius 1 is 0.600 bits per heavy atom. The van der Waals surface area contributed by atoms with Crippen molar-refractivity contribution in [3.8, 4) is 28.4 Å². The fraction of sp³-hybridized carbons (Fsp3) is 0.429. The van der Waals surface area contributed by atoms with Gasteiger partial charge in [0.2, 0.25) is 0 Å². The minimum absolute atomic E-state index is 0.383. The standard InChI is InChI=1S/C42H50O6S2/c1-4-6-8-10-11-12-13-15-27-46-33-20-16-31(17-21-33)32-18-22-34(23-19-32)47-42(44)39-29-38-40(50-39)36-25-24-35(28-37(36)49-38)48-41(43)30(3)45-26-14-9-7-5-2/h16-25,28-30H,4-15,26-27H2,1-3H3/t30-/m0/s1. The first-order valence-electron chi connectivity index (χ1n) is 18.3. The molecule has 2 aromatic heterocycles. The molecule has 0 amide bonds. The SMILES string of the molecule is CCCCCCCCCCOc1ccc(-c2ccc(OC(=O)c3cc4sc5cc(OC(=O)[C@H](C)OCCCCCC)ccc5c4s3)cc2)cc1. The summed E-state index contributed by atoms with van der Waals surface area (Å²) in [6.07, 6.45) is 14.0. The number of esters is 2. The molecule has 0 aliphatic rings. The Morgan fingerprint density at radius 2 is 1.18 bits per heavy atom. The molecule has 3 aromatic carbocycles. The third kappa shape index (κ3) is 10.9. The highest BCUT2D eigenvalue weighted by Crippen LogP contribution is 2.41. The predicted molar refractivity (Wildman–Crippen MR) is 207 cm³/mol. The van der Waals surface area contributed by atoms with Gasteiger partial charge in [0.25, 0.3) is 0 Å². The number of ether oxygens (including phenoxy) is 4. The summed E-state index contributed by atoms with van der Waals surface area (Å²) >= 11 is 2.97. The maximum atomic E-state index is 13.1. The van der Waals surface area contributed by atoms with Crippen LogP contribution < -0.4 is 14.2 Å². The van der Waals surface area contributed by atoms with Gasteiger partial charge in [0, 0.05) is 21.4 Å². The van der Waals surface area contributed by atoms with E-state index in [9.17, 15) is 9.59 Å². The van der Waals surface area contributed by atoms with Crippen LogP contribution in [0.4, 0.5) is 0 Å². The molecule has 2 heterocycles. The van der Waals surface area contributed by atoms with E-state index in [-0.39, 0.29) is 5.97 Å². The number of hydrogen-bond acceptors (Lipinski definition) is 8. The van der Waals surface area contributed by atoms with Crippen molar-refractivity contribution in [2.45, 2.75) is 104 Å². The highest BCUT2D eigenvalue weighted by Gasteiger charge is 2.19. The molecule has 0 radical (unpaired) electrons. The summed E-state index contributed by atoms with van der Waals surface area (Å²) in [6.45, 7) is 7.45. The molecule has 0 unspecified atom stereocenters. The number of benzene rings is 3. The van der Waals surface area contributed by atoms with Crippen molar-refractivity contribution in [2.75, 3.05) is 13.2 Å². The van der Waals surface area contributed by atoms with Crippen LogP contribution in [-0.4, -0.2) is 31.3 Å². The highest BCUT2D eigenvalue weighted by molar-refractivity contribution is 7.33. The van der Waals surface area contributed by atoms with Gasteiger partial charge in [-0.2, -0.15) is 0 Å². The number of carbonyl (C=O) groups is 2. The summed E-state index contributed by atoms with van der Waals surface area (Å²) in [7, 11) is 0. The number of hydrogen-bond donors (Lipinski definition) is 0. The van der Waals surface area contributed by atoms with Crippen LogP contribution in [0.25, 0.3) is 30.6 Å². The predicted octanol–water partition coefficient (Wildman–Crippen LogP) is 12.4. The summed E-state index contributed by atoms with van der Waals surface area (Å²) in [5, 5.41) is 1.02. The largest absolute Gasteiger partial charge is 0.494 e. The van der Waals surface area contributed by atoms with E-state index < -0.39 is 12.1 Å². The molecule has 0 saturated carbocycles. The summed E-state index contributed by atoms with van der Waals surface area (Å²) in [4.78, 5) is 26.2. The van der Waals surface area contributed by atoms with E-state index in [1.807, 2.05) is 54.6 Å². The average molecular weight is 715 g/mol. The van der Waals surface area contributed by atoms with Gasteiger partial charge in [0.1, 0.15) is 22.1 Å². The average Bonchev–Trinajstić information content (AvgIpc) is 3.69. The highest BCUT2D eigenvalue weighted by atomic mass is 32.1. The van der Waals surface area contributed by atoms with E-state index in [2.05, 4.69) is 26.0 Å². The molecular weight excluding hydrogens is 665 g/mol. The van der Waals surface area contributed by atoms with Crippen molar-refractivity contribution in [3.63, 3.8) is 0 Å². The zero-order valence-corrected chi connectivity index (χ0v) is 31.3. The zero-order valence-electron chi connectivity index (χ0n) is 29.7. The molecule has 0 fully saturated rings. The lowest BCUT2D eigenvalue weighted by molar-refractivity contribution is -0.146. The van der Waals surface area contributed by atoms with Gasteiger partial charge in [-0.25, -0.2) is 9.59 Å². The van der Waals surface area contributed by atoms with Gasteiger partial charge in [0.15, 0.2) is 6.10 Å². The molecule has 0 bridgehead atoms. The second-order valence-electron chi connectivity index (χ2n) is 12.8. The van der Waals surface area contributed by atoms with Crippen LogP contribution in [0.15, 0.2) is 72.8 Å². The Kier molecular flexibility index (Phi) is 14.7. The van der Waals surface area contributed by atoms with Crippen LogP contribution in [0, 0.1) is 0 Å². The Bertz CT molecular complexity index is 1790. The van der Waals surface area contributed by atoms with Crippen molar-refractivity contribution in [3.05, 3.63) is 77.7 Å². The molecule has 0 N–H and O–H groups in total. The number of carbonyl (C=O) groups excluding carboxylic acids is 2. The van der Waals surface area contributed by atoms with E-state index >= 15 is 0 Å². The van der Waals surface area contributed by atoms with Crippen LogP contribution in [0.3, 0.4) is 0 Å². The van der Waals surface area contributed by atoms with Crippen molar-refractivity contribution in [1.82, 2.24) is 0 Å². The molecule has 266 valence electrons. The summed E-state index contributed by atoms with van der Waals surface area (Å²) in [5.74, 6) is 1.09. The number of rotatable bonds is 21. The maximum Gasteiger partial charge on any atom is 0.353 e. The van der Waals surface area contributed by atoms with E-state index in [1.54, 1.807) is 24.3 Å². The Balaban J connectivity index is 1.09. The number of thiophene rings is 2. The van der Waals surface area contributed by atoms with Gasteiger partial charge in [-0.3, -0.25) is 0 Å². The van der Waals surface area contributed by atoms with Gasteiger partial charge in [-0.15, -0.1) is 22.7 Å². The second kappa shape index (κ2) is 19.6. The molecule has 50 heavy (non-hydrogen) atoms. The molecule has 0 aliphatic heterocycles. The van der Waals surface area contributed by atoms with E-state index in [1.165, 1.54) is 62.7 Å². The first kappa shape index (κ1) is 37.5. The minimum atomic E-state index is -0.621. The lowest BCUT2D eigenvalue weighted by Gasteiger charge is -2.12. The normalized spacial score (nSPS) is 12.0. The molecule has 1 atom stereocenters. The molecule has 5 rings (SSSR count). The molecular formula is C42H50O6S2. The minimum Gasteiger partial charge on any atom is -0.494 e. The van der Waals surface area contributed by atoms with Crippen LogP contribution in [0.5, 0.6) is 17.2 Å². The fourth-order valence-corrected chi connectivity index (χ4v) is 8.22. The van der Waals surface area contributed by atoms with Gasteiger partial charge in [-0.1, -0.05) is 102 Å². The molecule has 0 aliphatic carbocycles. The Hall–Kier alpha value is -3.72. The van der Waals surface area contributed by atoms with E-state index in [0.29, 0.717) is 23.0 Å². The lowest BCUT2D eigenvalue weighted by Crippen LogP contribution is -2.26. The lowest BCUT2D eigenvalue weighted by atomic mass is 10.1. The monoisotopic (exact) mass is 714 g/mol. The number of unbranched alkanes of at least 4 members (excludes halogenated alkanes) is 10. The Labute approximate surface area is 304 Å². The summed E-state index contributed by atoms with van der Waals surface area (Å²) < 4.78 is 26.0. The Morgan fingerprint density at radius 3 is 1.86 bits per heavy atom. The van der Waals surface area contributed by atoms with E-state index in [4.69, 9.17) is 18.9 Å². The van der Waals surface area contributed by atoms with Crippen LogP contribution in [-0.2, 0) is 9.53 Å². The van der Waals surface area contributed by atoms with Gasteiger partial charge in [0.05, 0.1) is 11.3 Å². The van der Waals surface area contributed by atoms with Crippen LogP contribution in [0.2, 0.25) is 0 Å². The molecule has 8 heteroatoms. The maximum absolute atomic E-state index is 13.1.